The molecule has 1 saturated heterocycles. The molecule has 1 aromatic carbocycles. The molecule has 1 unspecified atom stereocenters. The number of fused-ring (bicyclic) bond motifs is 1. The quantitative estimate of drug-likeness (QED) is 0.804. The number of nitrogens with zero attached hydrogens (tertiary/aromatic N) is 2. The fourth-order valence-electron chi connectivity index (χ4n) is 4.22. The van der Waals surface area contributed by atoms with Crippen molar-refractivity contribution in [1.82, 2.24) is 9.88 Å². The summed E-state index contributed by atoms with van der Waals surface area (Å²) in [5, 5.41) is 10.5. The van der Waals surface area contributed by atoms with Gasteiger partial charge in [-0.3, -0.25) is 14.6 Å². The number of methoxy groups -OCH3 is 2. The van der Waals surface area contributed by atoms with E-state index in [1.54, 1.807) is 12.0 Å². The van der Waals surface area contributed by atoms with Gasteiger partial charge in [0.15, 0.2) is 0 Å². The molecule has 0 radical (unpaired) electrons. The van der Waals surface area contributed by atoms with E-state index in [2.05, 4.69) is 0 Å². The van der Waals surface area contributed by atoms with Crippen molar-refractivity contribution in [2.75, 3.05) is 33.9 Å². The molecule has 1 amide bonds. The van der Waals surface area contributed by atoms with Crippen LogP contribution in [0.4, 0.5) is 0 Å². The molecule has 0 spiro atoms. The van der Waals surface area contributed by atoms with Crippen LogP contribution in [-0.2, 0) is 9.53 Å². The Morgan fingerprint density at radius 1 is 1.28 bits per heavy atom. The fourth-order valence-corrected chi connectivity index (χ4v) is 4.22. The molecule has 1 atom stereocenters. The molecule has 7 nitrogen and oxygen atoms in total. The molecule has 1 aromatic heterocycles. The number of carboxylic acids is 1. The largest absolute Gasteiger partial charge is 0.497 e. The molecule has 29 heavy (non-hydrogen) atoms. The van der Waals surface area contributed by atoms with Gasteiger partial charge in [0.25, 0.3) is 5.91 Å². The normalized spacial score (nSPS) is 21.9. The van der Waals surface area contributed by atoms with E-state index in [4.69, 9.17) is 14.5 Å². The van der Waals surface area contributed by atoms with Gasteiger partial charge in [0.05, 0.1) is 24.8 Å². The highest BCUT2D eigenvalue weighted by Crippen LogP contribution is 2.41. The number of aliphatic carboxylic acids is 1. The molecule has 2 aliphatic rings. The first kappa shape index (κ1) is 19.6. The number of carboxylic acid groups (broad SMARTS) is 1. The zero-order chi connectivity index (χ0) is 20.6. The fraction of sp³-hybridized carbons (Fsp3) is 0.500. The standard InChI is InChI=1S/C22H26N2O5/c1-28-13-22(21(26)27)8-3-9-24(12-22)20(25)17-11-19(14-4-5-14)23-18-7-6-15(29-2)10-16(17)18/h6-7,10-11,14H,3-5,8-9,12-13H2,1-2H3,(H,26,27). The topological polar surface area (TPSA) is 89.0 Å². The summed E-state index contributed by atoms with van der Waals surface area (Å²) in [5.74, 6) is -0.0165. The van der Waals surface area contributed by atoms with Gasteiger partial charge in [0, 0.05) is 37.2 Å². The number of rotatable bonds is 6. The second-order valence-corrected chi connectivity index (χ2v) is 8.10. The van der Waals surface area contributed by atoms with E-state index in [0.717, 1.165) is 29.4 Å². The molecule has 154 valence electrons. The molecule has 4 rings (SSSR count). The molecular weight excluding hydrogens is 372 g/mol. The minimum Gasteiger partial charge on any atom is -0.497 e. The molecule has 1 saturated carbocycles. The number of pyridine rings is 1. The number of benzene rings is 1. The molecule has 2 fully saturated rings. The van der Waals surface area contributed by atoms with Crippen LogP contribution in [0.15, 0.2) is 24.3 Å². The lowest BCUT2D eigenvalue weighted by Crippen LogP contribution is -2.52. The van der Waals surface area contributed by atoms with E-state index < -0.39 is 11.4 Å². The molecule has 7 heteroatoms. The Labute approximate surface area is 169 Å². The zero-order valence-corrected chi connectivity index (χ0v) is 16.8. The van der Waals surface area contributed by atoms with Gasteiger partial charge in [-0.25, -0.2) is 0 Å². The average Bonchev–Trinajstić information content (AvgIpc) is 3.57. The van der Waals surface area contributed by atoms with Crippen molar-refractivity contribution in [2.45, 2.75) is 31.6 Å². The van der Waals surface area contributed by atoms with E-state index in [-0.39, 0.29) is 19.1 Å². The highest BCUT2D eigenvalue weighted by molar-refractivity contribution is 6.06. The minimum absolute atomic E-state index is 0.0877. The van der Waals surface area contributed by atoms with E-state index in [1.807, 2.05) is 24.3 Å². The summed E-state index contributed by atoms with van der Waals surface area (Å²) >= 11 is 0. The van der Waals surface area contributed by atoms with E-state index in [0.29, 0.717) is 36.6 Å². The monoisotopic (exact) mass is 398 g/mol. The Kier molecular flexibility index (Phi) is 5.17. The van der Waals surface area contributed by atoms with Crippen molar-refractivity contribution in [2.24, 2.45) is 5.41 Å². The number of carbonyl (C=O) groups excluding carboxylic acids is 1. The second-order valence-electron chi connectivity index (χ2n) is 8.10. The summed E-state index contributed by atoms with van der Waals surface area (Å²) in [7, 11) is 3.08. The number of hydrogen-bond acceptors (Lipinski definition) is 5. The zero-order valence-electron chi connectivity index (χ0n) is 16.8. The highest BCUT2D eigenvalue weighted by atomic mass is 16.5. The first-order valence-corrected chi connectivity index (χ1v) is 9.98. The Hall–Kier alpha value is -2.67. The molecule has 1 aliphatic heterocycles. The van der Waals surface area contributed by atoms with Gasteiger partial charge in [-0.1, -0.05) is 0 Å². The SMILES string of the molecule is COCC1(C(=O)O)CCCN(C(=O)c2cc(C3CC3)nc3ccc(OC)cc23)C1. The van der Waals surface area contributed by atoms with E-state index >= 15 is 0 Å². The lowest BCUT2D eigenvalue weighted by molar-refractivity contribution is -0.155. The highest BCUT2D eigenvalue weighted by Gasteiger charge is 2.44. The molecule has 2 aromatic rings. The number of carbonyl (C=O) groups is 2. The van der Waals surface area contributed by atoms with Crippen LogP contribution in [0.3, 0.4) is 0 Å². The Balaban J connectivity index is 1.74. The van der Waals surface area contributed by atoms with Gasteiger partial charge < -0.3 is 19.5 Å². The number of likely N-dealkylation sites (tertiary alicyclic amines) is 1. The van der Waals surface area contributed by atoms with Crippen LogP contribution in [0.5, 0.6) is 5.75 Å². The van der Waals surface area contributed by atoms with Crippen LogP contribution in [-0.4, -0.2) is 60.8 Å². The Morgan fingerprint density at radius 3 is 2.72 bits per heavy atom. The predicted molar refractivity (Wildman–Crippen MR) is 107 cm³/mol. The second kappa shape index (κ2) is 7.63. The van der Waals surface area contributed by atoms with Crippen LogP contribution in [0, 0.1) is 5.41 Å². The number of hydrogen-bond donors (Lipinski definition) is 1. The van der Waals surface area contributed by atoms with Crippen molar-refractivity contribution in [3.8, 4) is 5.75 Å². The maximum atomic E-state index is 13.5. The Morgan fingerprint density at radius 2 is 2.07 bits per heavy atom. The molecule has 0 bridgehead atoms. The van der Waals surface area contributed by atoms with Crippen molar-refractivity contribution < 1.29 is 24.2 Å². The first-order chi connectivity index (χ1) is 14.0. The van der Waals surface area contributed by atoms with Gasteiger partial charge >= 0.3 is 5.97 Å². The van der Waals surface area contributed by atoms with Gasteiger partial charge in [-0.2, -0.15) is 0 Å². The summed E-state index contributed by atoms with van der Waals surface area (Å²) in [5.41, 5.74) is 1.19. The molecule has 1 aliphatic carbocycles. The lowest BCUT2D eigenvalue weighted by Gasteiger charge is -2.39. The smallest absolute Gasteiger partial charge is 0.313 e. The van der Waals surface area contributed by atoms with Crippen LogP contribution >= 0.6 is 0 Å². The molecule has 2 heterocycles. The molecular formula is C22H26N2O5. The van der Waals surface area contributed by atoms with Crippen molar-refractivity contribution in [1.29, 1.82) is 0 Å². The number of ether oxygens (including phenoxy) is 2. The average molecular weight is 398 g/mol. The minimum atomic E-state index is -1.07. The number of amides is 1. The maximum absolute atomic E-state index is 13.5. The summed E-state index contributed by atoms with van der Waals surface area (Å²) in [6, 6.07) is 7.43. The number of aromatic nitrogens is 1. The summed E-state index contributed by atoms with van der Waals surface area (Å²) in [6.07, 6.45) is 3.30. The number of piperidine rings is 1. The third-order valence-electron chi connectivity index (χ3n) is 6.00. The van der Waals surface area contributed by atoms with Gasteiger partial charge in [0.1, 0.15) is 11.2 Å². The predicted octanol–water partition coefficient (Wildman–Crippen LogP) is 3.07. The van der Waals surface area contributed by atoms with E-state index in [9.17, 15) is 14.7 Å². The summed E-state index contributed by atoms with van der Waals surface area (Å²) < 4.78 is 10.5. The van der Waals surface area contributed by atoms with Crippen molar-refractivity contribution >= 4 is 22.8 Å². The van der Waals surface area contributed by atoms with Crippen LogP contribution in [0.1, 0.15) is 47.7 Å². The lowest BCUT2D eigenvalue weighted by atomic mass is 9.80. The van der Waals surface area contributed by atoms with Gasteiger partial charge in [0.2, 0.25) is 0 Å². The summed E-state index contributed by atoms with van der Waals surface area (Å²) in [6.45, 7) is 0.760. The van der Waals surface area contributed by atoms with Crippen molar-refractivity contribution in [3.63, 3.8) is 0 Å². The van der Waals surface area contributed by atoms with Crippen molar-refractivity contribution in [3.05, 3.63) is 35.5 Å². The maximum Gasteiger partial charge on any atom is 0.313 e. The van der Waals surface area contributed by atoms with Gasteiger partial charge in [-0.05, 0) is 49.9 Å². The van der Waals surface area contributed by atoms with Gasteiger partial charge in [-0.15, -0.1) is 0 Å². The first-order valence-electron chi connectivity index (χ1n) is 9.98. The van der Waals surface area contributed by atoms with Crippen LogP contribution in [0.2, 0.25) is 0 Å². The third kappa shape index (κ3) is 3.67. The third-order valence-corrected chi connectivity index (χ3v) is 6.00. The molecule has 1 N–H and O–H groups in total. The van der Waals surface area contributed by atoms with E-state index in [1.165, 1.54) is 7.11 Å². The summed E-state index contributed by atoms with van der Waals surface area (Å²) in [4.78, 5) is 31.9. The van der Waals surface area contributed by atoms with Crippen LogP contribution < -0.4 is 4.74 Å². The van der Waals surface area contributed by atoms with Crippen LogP contribution in [0.25, 0.3) is 10.9 Å². The Bertz CT molecular complexity index is 952.